The van der Waals surface area contributed by atoms with Crippen molar-refractivity contribution in [1.82, 2.24) is 15.5 Å². The van der Waals surface area contributed by atoms with Crippen LogP contribution < -0.4 is 10.6 Å². The summed E-state index contributed by atoms with van der Waals surface area (Å²) in [6.07, 6.45) is 2.20. The summed E-state index contributed by atoms with van der Waals surface area (Å²) >= 11 is 0. The number of nitrogens with zero attached hydrogens (tertiary/aromatic N) is 1. The van der Waals surface area contributed by atoms with Crippen LogP contribution in [0, 0.1) is 0 Å². The van der Waals surface area contributed by atoms with Gasteiger partial charge in [-0.15, -0.1) is 0 Å². The smallest absolute Gasteiger partial charge is 0.315 e. The van der Waals surface area contributed by atoms with Crippen molar-refractivity contribution in [3.05, 3.63) is 48.0 Å². The Hall–Kier alpha value is -2.07. The number of hydrogen-bond acceptors (Lipinski definition) is 2. The minimum Gasteiger partial charge on any atom is -0.334 e. The molecule has 1 aliphatic rings. The standard InChI is InChI=1S/C19H25N3O/c1-14(17-11-5-8-15-7-3-4-10-18(15)17)20-19(23)21-16-9-6-12-22(2)13-16/h3-5,7-8,10-11,14,16H,6,9,12-13H2,1-2H3,(H2,20,21,23)/t14-,16+/m0/s1. The molecule has 2 aromatic rings. The van der Waals surface area contributed by atoms with E-state index in [-0.39, 0.29) is 18.1 Å². The molecule has 3 rings (SSSR count). The van der Waals surface area contributed by atoms with Crippen LogP contribution in [0.5, 0.6) is 0 Å². The van der Waals surface area contributed by atoms with E-state index >= 15 is 0 Å². The summed E-state index contributed by atoms with van der Waals surface area (Å²) in [6, 6.07) is 14.7. The fourth-order valence-corrected chi connectivity index (χ4v) is 3.41. The molecule has 2 atom stereocenters. The fraction of sp³-hybridized carbons (Fsp3) is 0.421. The van der Waals surface area contributed by atoms with Crippen molar-refractivity contribution in [2.24, 2.45) is 0 Å². The molecule has 1 heterocycles. The van der Waals surface area contributed by atoms with Gasteiger partial charge in [0.15, 0.2) is 0 Å². The van der Waals surface area contributed by atoms with Crippen molar-refractivity contribution in [1.29, 1.82) is 0 Å². The second-order valence-electron chi connectivity index (χ2n) is 6.51. The van der Waals surface area contributed by atoms with Crippen LogP contribution in [0.2, 0.25) is 0 Å². The molecular formula is C19H25N3O. The van der Waals surface area contributed by atoms with Gasteiger partial charge in [-0.1, -0.05) is 42.5 Å². The van der Waals surface area contributed by atoms with E-state index in [0.717, 1.165) is 31.5 Å². The third-order valence-corrected chi connectivity index (χ3v) is 4.60. The van der Waals surface area contributed by atoms with Crippen LogP contribution in [-0.4, -0.2) is 37.1 Å². The Balaban J connectivity index is 1.66. The molecule has 2 N–H and O–H groups in total. The van der Waals surface area contributed by atoms with Crippen LogP contribution in [0.4, 0.5) is 4.79 Å². The van der Waals surface area contributed by atoms with Crippen molar-refractivity contribution < 1.29 is 4.79 Å². The highest BCUT2D eigenvalue weighted by molar-refractivity contribution is 5.86. The number of carbonyl (C=O) groups excluding carboxylic acids is 1. The summed E-state index contributed by atoms with van der Waals surface area (Å²) in [5.41, 5.74) is 1.15. The van der Waals surface area contributed by atoms with Gasteiger partial charge in [0.25, 0.3) is 0 Å². The molecule has 0 aromatic heterocycles. The van der Waals surface area contributed by atoms with E-state index in [2.05, 4.69) is 46.8 Å². The predicted molar refractivity (Wildman–Crippen MR) is 94.5 cm³/mol. The lowest BCUT2D eigenvalue weighted by Gasteiger charge is -2.30. The van der Waals surface area contributed by atoms with Gasteiger partial charge in [-0.05, 0) is 49.7 Å². The molecule has 0 bridgehead atoms. The molecule has 2 aromatic carbocycles. The molecule has 0 saturated carbocycles. The van der Waals surface area contributed by atoms with Crippen molar-refractivity contribution in [2.75, 3.05) is 20.1 Å². The second kappa shape index (κ2) is 7.01. The molecule has 4 heteroatoms. The van der Waals surface area contributed by atoms with E-state index in [1.165, 1.54) is 10.8 Å². The first-order valence-corrected chi connectivity index (χ1v) is 8.37. The summed E-state index contributed by atoms with van der Waals surface area (Å²) in [5, 5.41) is 8.58. The Kier molecular flexibility index (Phi) is 4.82. The molecule has 0 aliphatic carbocycles. The quantitative estimate of drug-likeness (QED) is 0.913. The van der Waals surface area contributed by atoms with Crippen LogP contribution >= 0.6 is 0 Å². The zero-order chi connectivity index (χ0) is 16.2. The molecule has 1 saturated heterocycles. The second-order valence-corrected chi connectivity index (χ2v) is 6.51. The number of piperidine rings is 1. The SMILES string of the molecule is C[C@H](NC(=O)N[C@@H]1CCCN(C)C1)c1cccc2ccccc12. The van der Waals surface area contributed by atoms with Crippen LogP contribution in [0.3, 0.4) is 0 Å². The van der Waals surface area contributed by atoms with Gasteiger partial charge < -0.3 is 15.5 Å². The molecule has 2 amide bonds. The molecule has 4 nitrogen and oxygen atoms in total. The van der Waals surface area contributed by atoms with Gasteiger partial charge in [0, 0.05) is 12.6 Å². The van der Waals surface area contributed by atoms with E-state index < -0.39 is 0 Å². The number of hydrogen-bond donors (Lipinski definition) is 2. The maximum atomic E-state index is 12.3. The Labute approximate surface area is 137 Å². The lowest BCUT2D eigenvalue weighted by Crippen LogP contribution is -2.49. The summed E-state index contributed by atoms with van der Waals surface area (Å²) in [5.74, 6) is 0. The molecule has 23 heavy (non-hydrogen) atoms. The van der Waals surface area contributed by atoms with Crippen molar-refractivity contribution in [3.8, 4) is 0 Å². The normalized spacial score (nSPS) is 20.2. The Bertz CT molecular complexity index is 680. The monoisotopic (exact) mass is 311 g/mol. The number of fused-ring (bicyclic) bond motifs is 1. The highest BCUT2D eigenvalue weighted by Crippen LogP contribution is 2.24. The number of likely N-dealkylation sites (tertiary alicyclic amines) is 1. The van der Waals surface area contributed by atoms with E-state index in [1.54, 1.807) is 0 Å². The van der Waals surface area contributed by atoms with E-state index in [4.69, 9.17) is 0 Å². The lowest BCUT2D eigenvalue weighted by atomic mass is 10.00. The minimum atomic E-state index is -0.0780. The zero-order valence-electron chi connectivity index (χ0n) is 13.9. The summed E-state index contributed by atoms with van der Waals surface area (Å²) in [6.45, 7) is 4.08. The number of likely N-dealkylation sites (N-methyl/N-ethyl adjacent to an activating group) is 1. The van der Waals surface area contributed by atoms with Gasteiger partial charge in [-0.25, -0.2) is 4.79 Å². The Morgan fingerprint density at radius 2 is 2.00 bits per heavy atom. The molecule has 0 unspecified atom stereocenters. The van der Waals surface area contributed by atoms with Crippen LogP contribution in [0.15, 0.2) is 42.5 Å². The van der Waals surface area contributed by atoms with Crippen molar-refractivity contribution in [3.63, 3.8) is 0 Å². The first-order chi connectivity index (χ1) is 11.1. The van der Waals surface area contributed by atoms with E-state index in [0.29, 0.717) is 0 Å². The molecule has 0 radical (unpaired) electrons. The largest absolute Gasteiger partial charge is 0.334 e. The average molecular weight is 311 g/mol. The lowest BCUT2D eigenvalue weighted by molar-refractivity contribution is 0.207. The molecule has 0 spiro atoms. The maximum Gasteiger partial charge on any atom is 0.315 e. The molecule has 1 aliphatic heterocycles. The van der Waals surface area contributed by atoms with Crippen LogP contribution in [0.1, 0.15) is 31.4 Å². The third kappa shape index (κ3) is 3.82. The van der Waals surface area contributed by atoms with Gasteiger partial charge in [-0.2, -0.15) is 0 Å². The maximum absolute atomic E-state index is 12.3. The predicted octanol–water partition coefficient (Wildman–Crippen LogP) is 3.29. The molecular weight excluding hydrogens is 286 g/mol. The highest BCUT2D eigenvalue weighted by atomic mass is 16.2. The van der Waals surface area contributed by atoms with Crippen molar-refractivity contribution >= 4 is 16.8 Å². The van der Waals surface area contributed by atoms with Gasteiger partial charge in [0.2, 0.25) is 0 Å². The fourth-order valence-electron chi connectivity index (χ4n) is 3.41. The number of benzene rings is 2. The average Bonchev–Trinajstić information content (AvgIpc) is 2.54. The molecule has 122 valence electrons. The first kappa shape index (κ1) is 15.8. The van der Waals surface area contributed by atoms with E-state index in [9.17, 15) is 4.79 Å². The number of carbonyl (C=O) groups is 1. The Morgan fingerprint density at radius 3 is 2.83 bits per heavy atom. The zero-order valence-corrected chi connectivity index (χ0v) is 13.9. The highest BCUT2D eigenvalue weighted by Gasteiger charge is 2.20. The van der Waals surface area contributed by atoms with Gasteiger partial charge >= 0.3 is 6.03 Å². The minimum absolute atomic E-state index is 0.0255. The number of nitrogens with one attached hydrogen (secondary N) is 2. The van der Waals surface area contributed by atoms with Gasteiger partial charge in [0.1, 0.15) is 0 Å². The number of rotatable bonds is 3. The van der Waals surface area contributed by atoms with Crippen molar-refractivity contribution in [2.45, 2.75) is 31.8 Å². The van der Waals surface area contributed by atoms with Crippen LogP contribution in [0.25, 0.3) is 10.8 Å². The van der Waals surface area contributed by atoms with Gasteiger partial charge in [0.05, 0.1) is 6.04 Å². The number of urea groups is 1. The summed E-state index contributed by atoms with van der Waals surface area (Å²) in [7, 11) is 2.10. The Morgan fingerprint density at radius 1 is 1.22 bits per heavy atom. The summed E-state index contributed by atoms with van der Waals surface area (Å²) < 4.78 is 0. The first-order valence-electron chi connectivity index (χ1n) is 8.37. The van der Waals surface area contributed by atoms with Crippen LogP contribution in [-0.2, 0) is 0 Å². The van der Waals surface area contributed by atoms with Gasteiger partial charge in [-0.3, -0.25) is 0 Å². The van der Waals surface area contributed by atoms with E-state index in [1.807, 2.05) is 25.1 Å². The molecule has 1 fully saturated rings. The summed E-state index contributed by atoms with van der Waals surface area (Å²) in [4.78, 5) is 14.6. The third-order valence-electron chi connectivity index (χ3n) is 4.60. The topological polar surface area (TPSA) is 44.4 Å². The number of amides is 2.